The van der Waals surface area contributed by atoms with Gasteiger partial charge in [0.2, 0.25) is 0 Å². The van der Waals surface area contributed by atoms with Crippen LogP contribution in [0.2, 0.25) is 0 Å². The van der Waals surface area contributed by atoms with E-state index in [2.05, 4.69) is 0 Å². The first-order valence-corrected chi connectivity index (χ1v) is 5.67. The molecule has 1 unspecified atom stereocenters. The topological polar surface area (TPSA) is 43.1 Å². The molecule has 2 nitrogen and oxygen atoms in total. The molecule has 0 saturated heterocycles. The van der Waals surface area contributed by atoms with Gasteiger partial charge >= 0.3 is 0 Å². The normalized spacial score (nSPS) is 13.2. The average Bonchev–Trinajstić information content (AvgIpc) is 2.51. The van der Waals surface area contributed by atoms with Crippen LogP contribution in [0.15, 0.2) is 12.1 Å². The molecule has 0 amide bonds. The first-order chi connectivity index (χ1) is 6.50. The van der Waals surface area contributed by atoms with E-state index in [0.717, 1.165) is 4.88 Å². The van der Waals surface area contributed by atoms with Crippen LogP contribution in [0, 0.1) is 12.8 Å². The van der Waals surface area contributed by atoms with Gasteiger partial charge < -0.3 is 5.73 Å². The molecule has 0 radical (unpaired) electrons. The van der Waals surface area contributed by atoms with Gasteiger partial charge in [0.1, 0.15) is 0 Å². The zero-order chi connectivity index (χ0) is 10.7. The fourth-order valence-electron chi connectivity index (χ4n) is 1.13. The van der Waals surface area contributed by atoms with Gasteiger partial charge in [-0.2, -0.15) is 0 Å². The fraction of sp³-hybridized carbons (Fsp3) is 0.545. The van der Waals surface area contributed by atoms with Gasteiger partial charge in [-0.3, -0.25) is 4.79 Å². The van der Waals surface area contributed by atoms with Gasteiger partial charge in [-0.15, -0.1) is 11.3 Å². The molecule has 1 atom stereocenters. The van der Waals surface area contributed by atoms with Gasteiger partial charge in [0.05, 0.1) is 4.88 Å². The Kier molecular flexibility index (Phi) is 3.84. The predicted octanol–water partition coefficient (Wildman–Crippen LogP) is 2.61. The Labute approximate surface area is 89.1 Å². The lowest BCUT2D eigenvalue weighted by atomic mass is 9.99. The van der Waals surface area contributed by atoms with E-state index in [1.807, 2.05) is 32.9 Å². The molecule has 0 aromatic carbocycles. The first kappa shape index (κ1) is 11.4. The maximum atomic E-state index is 11.7. The Balaban J connectivity index is 2.59. The second kappa shape index (κ2) is 4.71. The lowest BCUT2D eigenvalue weighted by molar-refractivity contribution is 0.0971. The van der Waals surface area contributed by atoms with Gasteiger partial charge in [-0.1, -0.05) is 13.8 Å². The van der Waals surface area contributed by atoms with Crippen molar-refractivity contribution >= 4 is 17.1 Å². The minimum absolute atomic E-state index is 0.0232. The molecule has 1 aromatic rings. The van der Waals surface area contributed by atoms with E-state index < -0.39 is 0 Å². The van der Waals surface area contributed by atoms with Crippen LogP contribution >= 0.6 is 11.3 Å². The second-order valence-corrected chi connectivity index (χ2v) is 5.23. The lowest BCUT2D eigenvalue weighted by Crippen LogP contribution is -2.29. The molecule has 1 aromatic heterocycles. The molecule has 1 rings (SSSR count). The van der Waals surface area contributed by atoms with Crippen LogP contribution in [0.3, 0.4) is 0 Å². The Morgan fingerprint density at radius 3 is 2.57 bits per heavy atom. The lowest BCUT2D eigenvalue weighted by Gasteiger charge is -2.13. The van der Waals surface area contributed by atoms with Crippen molar-refractivity contribution in [2.24, 2.45) is 11.7 Å². The molecule has 0 aliphatic carbocycles. The maximum absolute atomic E-state index is 11.7. The number of carbonyl (C=O) groups excluding carboxylic acids is 1. The molecule has 2 N–H and O–H groups in total. The highest BCUT2D eigenvalue weighted by Gasteiger charge is 2.15. The van der Waals surface area contributed by atoms with Crippen LogP contribution in [-0.4, -0.2) is 11.8 Å². The summed E-state index contributed by atoms with van der Waals surface area (Å²) in [7, 11) is 0. The van der Waals surface area contributed by atoms with E-state index >= 15 is 0 Å². The fourth-order valence-corrected chi connectivity index (χ4v) is 1.95. The summed E-state index contributed by atoms with van der Waals surface area (Å²) in [6.45, 7) is 6.08. The Hall–Kier alpha value is -0.670. The smallest absolute Gasteiger partial charge is 0.174 e. The molecule has 0 saturated carbocycles. The van der Waals surface area contributed by atoms with Crippen LogP contribution in [0.4, 0.5) is 0 Å². The summed E-state index contributed by atoms with van der Waals surface area (Å²) in [5.74, 6) is 0.532. The minimum Gasteiger partial charge on any atom is -0.327 e. The highest BCUT2D eigenvalue weighted by Crippen LogP contribution is 2.18. The Bertz CT molecular complexity index is 317. The molecule has 0 aliphatic rings. The number of thiophene rings is 1. The summed E-state index contributed by atoms with van der Waals surface area (Å²) in [6, 6.07) is 3.83. The molecule has 1 heterocycles. The third kappa shape index (κ3) is 2.93. The summed E-state index contributed by atoms with van der Waals surface area (Å²) < 4.78 is 0. The first-order valence-electron chi connectivity index (χ1n) is 4.86. The molecule has 0 aliphatic heterocycles. The van der Waals surface area contributed by atoms with E-state index in [4.69, 9.17) is 5.73 Å². The zero-order valence-corrected chi connectivity index (χ0v) is 9.73. The molecule has 0 spiro atoms. The van der Waals surface area contributed by atoms with Gasteiger partial charge in [-0.05, 0) is 25.0 Å². The van der Waals surface area contributed by atoms with Crippen LogP contribution < -0.4 is 5.73 Å². The summed E-state index contributed by atoms with van der Waals surface area (Å²) in [5, 5.41) is 0. The Morgan fingerprint density at radius 2 is 2.14 bits per heavy atom. The number of carbonyl (C=O) groups is 1. The van der Waals surface area contributed by atoms with Gasteiger partial charge in [0.15, 0.2) is 5.78 Å². The van der Waals surface area contributed by atoms with Gasteiger partial charge in [-0.25, -0.2) is 0 Å². The predicted molar refractivity (Wildman–Crippen MR) is 60.8 cm³/mol. The molecular weight excluding hydrogens is 194 g/mol. The number of nitrogens with two attached hydrogens (primary N) is 1. The monoisotopic (exact) mass is 211 g/mol. The molecule has 78 valence electrons. The molecule has 3 heteroatoms. The third-order valence-electron chi connectivity index (χ3n) is 2.29. The molecule has 0 fully saturated rings. The van der Waals surface area contributed by atoms with Crippen molar-refractivity contribution in [1.29, 1.82) is 0 Å². The van der Waals surface area contributed by atoms with Crippen molar-refractivity contribution in [1.82, 2.24) is 0 Å². The number of Topliss-reactive ketones (excluding diaryl/α,β-unsaturated/α-hetero) is 1. The van der Waals surface area contributed by atoms with E-state index in [1.54, 1.807) is 11.3 Å². The molecule has 0 bridgehead atoms. The number of hydrogen-bond acceptors (Lipinski definition) is 3. The van der Waals surface area contributed by atoms with Crippen molar-refractivity contribution < 1.29 is 4.79 Å². The second-order valence-electron chi connectivity index (χ2n) is 3.95. The van der Waals surface area contributed by atoms with Crippen LogP contribution in [0.1, 0.15) is 34.8 Å². The standard InChI is InChI=1S/C11H17NOS/c1-7(2)9(12)6-10(13)11-5-4-8(3)14-11/h4-5,7,9H,6,12H2,1-3H3. The maximum Gasteiger partial charge on any atom is 0.174 e. The van der Waals surface area contributed by atoms with Crippen LogP contribution in [0.5, 0.6) is 0 Å². The third-order valence-corrected chi connectivity index (χ3v) is 3.33. The van der Waals surface area contributed by atoms with Gasteiger partial charge in [0.25, 0.3) is 0 Å². The van der Waals surface area contributed by atoms with E-state index in [1.165, 1.54) is 4.88 Å². The number of hydrogen-bond donors (Lipinski definition) is 1. The van der Waals surface area contributed by atoms with Crippen LogP contribution in [0.25, 0.3) is 0 Å². The van der Waals surface area contributed by atoms with Gasteiger partial charge in [0, 0.05) is 17.3 Å². The molecular formula is C11H17NOS. The number of rotatable bonds is 4. The SMILES string of the molecule is Cc1ccc(C(=O)CC(N)C(C)C)s1. The largest absolute Gasteiger partial charge is 0.327 e. The molecule has 14 heavy (non-hydrogen) atoms. The number of aryl methyl sites for hydroxylation is 1. The van der Waals surface area contributed by atoms with Crippen molar-refractivity contribution in [3.63, 3.8) is 0 Å². The summed E-state index contributed by atoms with van der Waals surface area (Å²) in [5.41, 5.74) is 5.85. The summed E-state index contributed by atoms with van der Waals surface area (Å²) >= 11 is 1.54. The summed E-state index contributed by atoms with van der Waals surface area (Å²) in [4.78, 5) is 13.7. The highest BCUT2D eigenvalue weighted by atomic mass is 32.1. The van der Waals surface area contributed by atoms with E-state index in [9.17, 15) is 4.79 Å². The minimum atomic E-state index is -0.0232. The number of ketones is 1. The highest BCUT2D eigenvalue weighted by molar-refractivity contribution is 7.14. The van der Waals surface area contributed by atoms with E-state index in [-0.39, 0.29) is 11.8 Å². The average molecular weight is 211 g/mol. The Morgan fingerprint density at radius 1 is 1.50 bits per heavy atom. The van der Waals surface area contributed by atoms with Crippen LogP contribution in [-0.2, 0) is 0 Å². The van der Waals surface area contributed by atoms with Crippen molar-refractivity contribution in [2.45, 2.75) is 33.2 Å². The summed E-state index contributed by atoms with van der Waals surface area (Å²) in [6.07, 6.45) is 0.456. The quantitative estimate of drug-likeness (QED) is 0.778. The van der Waals surface area contributed by atoms with Crippen molar-refractivity contribution in [3.05, 3.63) is 21.9 Å². The van der Waals surface area contributed by atoms with E-state index in [0.29, 0.717) is 12.3 Å². The van der Waals surface area contributed by atoms with Crippen molar-refractivity contribution in [3.8, 4) is 0 Å². The van der Waals surface area contributed by atoms with Crippen molar-refractivity contribution in [2.75, 3.05) is 0 Å². The zero-order valence-electron chi connectivity index (χ0n) is 8.91.